The standard InChI is InChI=1S/C21H27N3O5/c1-27-17-5-2-4-15(10-17)20-22-18(29-23-20)6-3-7-19(26)24-11-16-12-28-9-8-21(16,13-24)14-25/h2,4-5,10,16,25H,3,6-9,11-14H2,1H3/t16-,21-/m1/s1. The maximum atomic E-state index is 12.7. The largest absolute Gasteiger partial charge is 0.497 e. The molecule has 1 N–H and O–H groups in total. The van der Waals surface area contributed by atoms with Crippen molar-refractivity contribution in [2.45, 2.75) is 25.7 Å². The number of aryl methyl sites for hydroxylation is 1. The van der Waals surface area contributed by atoms with Crippen molar-refractivity contribution in [3.05, 3.63) is 30.2 Å². The van der Waals surface area contributed by atoms with E-state index in [0.717, 1.165) is 17.7 Å². The molecule has 8 nitrogen and oxygen atoms in total. The number of fused-ring (bicyclic) bond motifs is 1. The summed E-state index contributed by atoms with van der Waals surface area (Å²) in [5, 5.41) is 13.9. The van der Waals surface area contributed by atoms with Crippen LogP contribution >= 0.6 is 0 Å². The number of carbonyl (C=O) groups excluding carboxylic acids is 1. The third kappa shape index (κ3) is 4.13. The number of aliphatic hydroxyl groups excluding tert-OH is 1. The van der Waals surface area contributed by atoms with Crippen molar-refractivity contribution < 1.29 is 23.9 Å². The van der Waals surface area contributed by atoms with E-state index >= 15 is 0 Å². The summed E-state index contributed by atoms with van der Waals surface area (Å²) in [5.74, 6) is 2.10. The van der Waals surface area contributed by atoms with E-state index in [2.05, 4.69) is 10.1 Å². The van der Waals surface area contributed by atoms with Crippen molar-refractivity contribution in [2.75, 3.05) is 40.0 Å². The Labute approximate surface area is 169 Å². The SMILES string of the molecule is COc1cccc(-c2noc(CCCC(=O)N3C[C@@H]4COCC[C@]4(CO)C3)n2)c1. The number of rotatable bonds is 7. The summed E-state index contributed by atoms with van der Waals surface area (Å²) in [6.45, 7) is 2.68. The summed E-state index contributed by atoms with van der Waals surface area (Å²) in [6.07, 6.45) is 2.43. The van der Waals surface area contributed by atoms with Gasteiger partial charge in [0.2, 0.25) is 17.6 Å². The lowest BCUT2D eigenvalue weighted by Gasteiger charge is -2.36. The van der Waals surface area contributed by atoms with Crippen LogP contribution in [0.15, 0.2) is 28.8 Å². The third-order valence-corrected chi connectivity index (χ3v) is 6.12. The Bertz CT molecular complexity index is 854. The summed E-state index contributed by atoms with van der Waals surface area (Å²) in [6, 6.07) is 7.48. The minimum absolute atomic E-state index is 0.111. The van der Waals surface area contributed by atoms with E-state index in [1.54, 1.807) is 7.11 Å². The van der Waals surface area contributed by atoms with E-state index in [-0.39, 0.29) is 23.8 Å². The van der Waals surface area contributed by atoms with Gasteiger partial charge in [-0.15, -0.1) is 0 Å². The third-order valence-electron chi connectivity index (χ3n) is 6.12. The van der Waals surface area contributed by atoms with Gasteiger partial charge in [0, 0.05) is 49.4 Å². The summed E-state index contributed by atoms with van der Waals surface area (Å²) in [7, 11) is 1.61. The van der Waals surface area contributed by atoms with Crippen LogP contribution in [-0.4, -0.2) is 66.1 Å². The first kappa shape index (κ1) is 19.8. The summed E-state index contributed by atoms with van der Waals surface area (Å²) >= 11 is 0. The van der Waals surface area contributed by atoms with Crippen LogP contribution in [0.25, 0.3) is 11.4 Å². The number of ether oxygens (including phenoxy) is 2. The van der Waals surface area contributed by atoms with Crippen LogP contribution in [0.1, 0.15) is 25.2 Å². The van der Waals surface area contributed by atoms with Gasteiger partial charge in [0.1, 0.15) is 5.75 Å². The van der Waals surface area contributed by atoms with Crippen LogP contribution in [0.5, 0.6) is 5.75 Å². The average molecular weight is 401 g/mol. The van der Waals surface area contributed by atoms with Gasteiger partial charge in [-0.25, -0.2) is 0 Å². The summed E-state index contributed by atoms with van der Waals surface area (Å²) < 4.78 is 16.1. The molecule has 0 aliphatic carbocycles. The first-order chi connectivity index (χ1) is 14.1. The number of benzene rings is 1. The van der Waals surface area contributed by atoms with Crippen molar-refractivity contribution in [1.82, 2.24) is 15.0 Å². The Morgan fingerprint density at radius 2 is 2.34 bits per heavy atom. The van der Waals surface area contributed by atoms with Gasteiger partial charge in [0.15, 0.2) is 0 Å². The van der Waals surface area contributed by atoms with E-state index < -0.39 is 0 Å². The second-order valence-electron chi connectivity index (χ2n) is 7.91. The van der Waals surface area contributed by atoms with Crippen molar-refractivity contribution in [2.24, 2.45) is 11.3 Å². The van der Waals surface area contributed by atoms with Gasteiger partial charge < -0.3 is 24.0 Å². The normalized spacial score (nSPS) is 23.8. The number of nitrogens with zero attached hydrogens (tertiary/aromatic N) is 3. The second-order valence-corrected chi connectivity index (χ2v) is 7.91. The van der Waals surface area contributed by atoms with Gasteiger partial charge in [0.05, 0.1) is 20.3 Å². The lowest BCUT2D eigenvalue weighted by Crippen LogP contribution is -2.41. The van der Waals surface area contributed by atoms with E-state index in [9.17, 15) is 9.90 Å². The zero-order valence-electron chi connectivity index (χ0n) is 16.7. The number of hydrogen-bond donors (Lipinski definition) is 1. The molecule has 2 aliphatic heterocycles. The van der Waals surface area contributed by atoms with Gasteiger partial charge >= 0.3 is 0 Å². The van der Waals surface area contributed by atoms with Crippen LogP contribution in [0, 0.1) is 11.3 Å². The highest BCUT2D eigenvalue weighted by Crippen LogP contribution is 2.41. The number of likely N-dealkylation sites (tertiary alicyclic amines) is 1. The molecule has 0 radical (unpaired) electrons. The van der Waals surface area contributed by atoms with E-state index in [1.807, 2.05) is 29.2 Å². The predicted octanol–water partition coefficient (Wildman–Crippen LogP) is 1.93. The Morgan fingerprint density at radius 1 is 1.45 bits per heavy atom. The fraction of sp³-hybridized carbons (Fsp3) is 0.571. The van der Waals surface area contributed by atoms with Crippen molar-refractivity contribution in [3.8, 4) is 17.1 Å². The molecule has 1 aromatic carbocycles. The maximum Gasteiger partial charge on any atom is 0.226 e. The van der Waals surface area contributed by atoms with Gasteiger partial charge in [-0.1, -0.05) is 17.3 Å². The Hall–Kier alpha value is -2.45. The molecule has 0 unspecified atom stereocenters. The van der Waals surface area contributed by atoms with Crippen LogP contribution in [0.4, 0.5) is 0 Å². The highest BCUT2D eigenvalue weighted by Gasteiger charge is 2.48. The molecule has 1 amide bonds. The minimum atomic E-state index is -0.188. The number of aromatic nitrogens is 2. The number of aliphatic hydroxyl groups is 1. The molecule has 2 atom stereocenters. The van der Waals surface area contributed by atoms with Gasteiger partial charge in [0.25, 0.3) is 0 Å². The summed E-state index contributed by atoms with van der Waals surface area (Å²) in [4.78, 5) is 19.0. The van der Waals surface area contributed by atoms with Crippen molar-refractivity contribution in [1.29, 1.82) is 0 Å². The fourth-order valence-electron chi connectivity index (χ4n) is 4.28. The topological polar surface area (TPSA) is 97.9 Å². The zero-order valence-corrected chi connectivity index (χ0v) is 16.7. The lowest BCUT2D eigenvalue weighted by atomic mass is 9.75. The summed E-state index contributed by atoms with van der Waals surface area (Å²) in [5.41, 5.74) is 0.637. The number of methoxy groups -OCH3 is 1. The average Bonchev–Trinajstić information content (AvgIpc) is 3.39. The molecule has 2 fully saturated rings. The van der Waals surface area contributed by atoms with Crippen molar-refractivity contribution in [3.63, 3.8) is 0 Å². The second kappa shape index (κ2) is 8.51. The number of amides is 1. The number of hydrogen-bond acceptors (Lipinski definition) is 7. The Balaban J connectivity index is 1.29. The van der Waals surface area contributed by atoms with Crippen LogP contribution in [-0.2, 0) is 16.0 Å². The molecule has 2 aromatic rings. The first-order valence-corrected chi connectivity index (χ1v) is 10.1. The molecule has 2 saturated heterocycles. The Morgan fingerprint density at radius 3 is 3.14 bits per heavy atom. The Kier molecular flexibility index (Phi) is 5.82. The van der Waals surface area contributed by atoms with Gasteiger partial charge in [-0.05, 0) is 25.0 Å². The quantitative estimate of drug-likeness (QED) is 0.757. The van der Waals surface area contributed by atoms with E-state index in [0.29, 0.717) is 57.3 Å². The molecule has 8 heteroatoms. The van der Waals surface area contributed by atoms with E-state index in [1.165, 1.54) is 0 Å². The van der Waals surface area contributed by atoms with Crippen LogP contribution in [0.2, 0.25) is 0 Å². The predicted molar refractivity (Wildman–Crippen MR) is 104 cm³/mol. The molecule has 0 bridgehead atoms. The molecule has 29 heavy (non-hydrogen) atoms. The molecule has 3 heterocycles. The fourth-order valence-corrected chi connectivity index (χ4v) is 4.28. The molecule has 4 rings (SSSR count). The molecule has 156 valence electrons. The monoisotopic (exact) mass is 401 g/mol. The first-order valence-electron chi connectivity index (χ1n) is 10.1. The highest BCUT2D eigenvalue weighted by molar-refractivity contribution is 5.76. The van der Waals surface area contributed by atoms with Gasteiger partial charge in [-0.2, -0.15) is 4.98 Å². The minimum Gasteiger partial charge on any atom is -0.497 e. The van der Waals surface area contributed by atoms with E-state index in [4.69, 9.17) is 14.0 Å². The van der Waals surface area contributed by atoms with Crippen molar-refractivity contribution >= 4 is 5.91 Å². The van der Waals surface area contributed by atoms with Gasteiger partial charge in [-0.3, -0.25) is 4.79 Å². The zero-order chi connectivity index (χ0) is 20.3. The lowest BCUT2D eigenvalue weighted by molar-refractivity contribution is -0.130. The molecular formula is C21H27N3O5. The molecule has 0 saturated carbocycles. The maximum absolute atomic E-state index is 12.7. The molecular weight excluding hydrogens is 374 g/mol. The highest BCUT2D eigenvalue weighted by atomic mass is 16.5. The number of carbonyl (C=O) groups is 1. The molecule has 2 aliphatic rings. The van der Waals surface area contributed by atoms with Crippen LogP contribution in [0.3, 0.4) is 0 Å². The van der Waals surface area contributed by atoms with Crippen LogP contribution < -0.4 is 4.74 Å². The molecule has 1 aromatic heterocycles. The smallest absolute Gasteiger partial charge is 0.226 e. The molecule has 0 spiro atoms.